The number of hydrogen-bond donors (Lipinski definition) is 1. The van der Waals surface area contributed by atoms with Crippen LogP contribution in [-0.4, -0.2) is 43.8 Å². The van der Waals surface area contributed by atoms with E-state index < -0.39 is 6.04 Å². The van der Waals surface area contributed by atoms with Crippen molar-refractivity contribution in [1.82, 2.24) is 9.55 Å². The summed E-state index contributed by atoms with van der Waals surface area (Å²) in [5, 5.41) is 0. The van der Waals surface area contributed by atoms with E-state index in [9.17, 15) is 9.59 Å². The fourth-order valence-electron chi connectivity index (χ4n) is 2.37. The predicted octanol–water partition coefficient (Wildman–Crippen LogP) is 0.264. The van der Waals surface area contributed by atoms with Gasteiger partial charge < -0.3 is 15.0 Å². The highest BCUT2D eigenvalue weighted by Gasteiger charge is 2.50. The number of nitrogens with two attached hydrogens (primary N) is 1. The average Bonchev–Trinajstić information content (AvgIpc) is 2.42. The van der Waals surface area contributed by atoms with Gasteiger partial charge in [-0.3, -0.25) is 4.79 Å². The molecule has 7 heteroatoms. The van der Waals surface area contributed by atoms with Crippen LogP contribution >= 0.6 is 0 Å². The molecule has 1 aromatic heterocycles. The van der Waals surface area contributed by atoms with E-state index in [-0.39, 0.29) is 27.5 Å². The quantitative estimate of drug-likeness (QED) is 0.478. The summed E-state index contributed by atoms with van der Waals surface area (Å²) in [4.78, 5) is 28.0. The molecular formula is C13H17N3O3Si. The number of hydrogen-bond acceptors (Lipinski definition) is 5. The molecule has 1 fully saturated rings. The number of esters is 1. The Labute approximate surface area is 120 Å². The van der Waals surface area contributed by atoms with E-state index in [1.54, 1.807) is 23.8 Å². The Kier molecular flexibility index (Phi) is 4.38. The second-order valence-electron chi connectivity index (χ2n) is 4.53. The molecular weight excluding hydrogens is 274 g/mol. The lowest BCUT2D eigenvalue weighted by atomic mass is 9.85. The molecule has 2 atom stereocenters. The summed E-state index contributed by atoms with van der Waals surface area (Å²) >= 11 is 0. The van der Waals surface area contributed by atoms with Crippen LogP contribution < -0.4 is 5.73 Å². The van der Waals surface area contributed by atoms with E-state index in [2.05, 4.69) is 4.98 Å². The molecule has 0 aliphatic carbocycles. The van der Waals surface area contributed by atoms with E-state index in [4.69, 9.17) is 10.5 Å². The molecule has 2 rings (SSSR count). The number of ether oxygens (including phenoxy) is 1. The molecule has 1 amide bonds. The lowest BCUT2D eigenvalue weighted by Gasteiger charge is -2.45. The largest absolute Gasteiger partial charge is 0.464 e. The molecule has 1 aliphatic rings. The van der Waals surface area contributed by atoms with E-state index in [1.165, 1.54) is 0 Å². The average molecular weight is 291 g/mol. The number of aromatic nitrogens is 1. The first-order valence-corrected chi connectivity index (χ1v) is 7.90. The fraction of sp³-hybridized carbons (Fsp3) is 0.462. The van der Waals surface area contributed by atoms with E-state index in [0.29, 0.717) is 18.8 Å². The van der Waals surface area contributed by atoms with Gasteiger partial charge in [-0.25, -0.2) is 9.78 Å². The minimum Gasteiger partial charge on any atom is -0.464 e. The zero-order valence-corrected chi connectivity index (χ0v) is 12.5. The molecule has 1 saturated heterocycles. The van der Waals surface area contributed by atoms with Crippen LogP contribution in [0.25, 0.3) is 0 Å². The first kappa shape index (κ1) is 14.5. The van der Waals surface area contributed by atoms with Crippen molar-refractivity contribution in [3.8, 4) is 0 Å². The molecule has 2 radical (unpaired) electrons. The summed E-state index contributed by atoms with van der Waals surface area (Å²) < 4.78 is 6.63. The minimum atomic E-state index is -0.472. The minimum absolute atomic E-state index is 0.000676. The van der Waals surface area contributed by atoms with Crippen LogP contribution in [0.5, 0.6) is 0 Å². The highest BCUT2D eigenvalue weighted by atomic mass is 28.2. The third-order valence-electron chi connectivity index (χ3n) is 3.28. The molecule has 1 aromatic rings. The van der Waals surface area contributed by atoms with E-state index in [0.717, 1.165) is 5.56 Å². The second-order valence-corrected chi connectivity index (χ2v) is 5.46. The molecule has 0 aromatic carbocycles. The number of carbonyl (C=O) groups excluding carboxylic acids is 2. The highest BCUT2D eigenvalue weighted by molar-refractivity contribution is 6.38. The summed E-state index contributed by atoms with van der Waals surface area (Å²) in [5.74, 6) is -0.271. The maximum Gasteiger partial charge on any atom is 0.328 e. The third-order valence-corrected chi connectivity index (χ3v) is 4.26. The Morgan fingerprint density at radius 2 is 2.35 bits per heavy atom. The first-order valence-electron chi connectivity index (χ1n) is 6.46. The van der Waals surface area contributed by atoms with Gasteiger partial charge in [0.25, 0.3) is 0 Å². The monoisotopic (exact) mass is 291 g/mol. The van der Waals surface area contributed by atoms with Gasteiger partial charge in [0.05, 0.1) is 12.5 Å². The zero-order valence-electron chi connectivity index (χ0n) is 11.5. The van der Waals surface area contributed by atoms with Gasteiger partial charge in [0.1, 0.15) is 11.9 Å². The molecule has 2 N–H and O–H groups in total. The van der Waals surface area contributed by atoms with Crippen LogP contribution in [0.1, 0.15) is 12.5 Å². The van der Waals surface area contributed by atoms with Crippen LogP contribution in [0.4, 0.5) is 5.82 Å². The molecule has 2 heterocycles. The van der Waals surface area contributed by atoms with Gasteiger partial charge in [0, 0.05) is 6.20 Å². The van der Waals surface area contributed by atoms with Crippen molar-refractivity contribution in [3.63, 3.8) is 0 Å². The summed E-state index contributed by atoms with van der Waals surface area (Å²) in [6.07, 6.45) is 2.09. The molecule has 0 saturated carbocycles. The SMILES string of the molecule is CCOC(=O)[C@@H]1[C@@H](Cc2ccnc(N)c2)C(=O)N1[Si]C. The molecule has 6 nitrogen and oxygen atoms in total. The zero-order chi connectivity index (χ0) is 14.7. The normalized spacial score (nSPS) is 21.5. The fourth-order valence-corrected chi connectivity index (χ4v) is 3.32. The maximum atomic E-state index is 12.1. The third kappa shape index (κ3) is 2.67. The highest BCUT2D eigenvalue weighted by Crippen LogP contribution is 2.30. The summed E-state index contributed by atoms with van der Waals surface area (Å²) in [6, 6.07) is 3.06. The van der Waals surface area contributed by atoms with Crippen LogP contribution in [0.2, 0.25) is 6.55 Å². The van der Waals surface area contributed by atoms with Crippen molar-refractivity contribution in [2.75, 3.05) is 12.3 Å². The number of β-lactam (4-membered cyclic amide) rings is 1. The topological polar surface area (TPSA) is 85.5 Å². The van der Waals surface area contributed by atoms with Gasteiger partial charge in [-0.1, -0.05) is 6.55 Å². The van der Waals surface area contributed by atoms with Gasteiger partial charge in [-0.15, -0.1) is 0 Å². The van der Waals surface area contributed by atoms with Crippen molar-refractivity contribution >= 4 is 27.4 Å². The Morgan fingerprint density at radius 3 is 2.95 bits per heavy atom. The van der Waals surface area contributed by atoms with Crippen LogP contribution in [0.3, 0.4) is 0 Å². The standard InChI is InChI=1S/C13H17N3O3Si/c1-3-19-13(18)11-9(12(17)16(11)20-2)6-8-4-5-15-10(14)7-8/h4-5,7,9,11H,3,6H2,1-2H3,(H2,14,15)/t9-,11+/m1/s1. The van der Waals surface area contributed by atoms with E-state index in [1.807, 2.05) is 12.6 Å². The number of nitrogens with zero attached hydrogens (tertiary/aromatic N) is 2. The van der Waals surface area contributed by atoms with Gasteiger partial charge in [-0.05, 0) is 31.0 Å². The van der Waals surface area contributed by atoms with E-state index >= 15 is 0 Å². The van der Waals surface area contributed by atoms with Gasteiger partial charge in [-0.2, -0.15) is 0 Å². The van der Waals surface area contributed by atoms with Crippen molar-refractivity contribution in [3.05, 3.63) is 23.9 Å². The number of pyridine rings is 1. The lowest BCUT2D eigenvalue weighted by Crippen LogP contribution is -2.66. The maximum absolute atomic E-state index is 12.1. The van der Waals surface area contributed by atoms with Gasteiger partial charge in [0.15, 0.2) is 9.68 Å². The van der Waals surface area contributed by atoms with Crippen LogP contribution in [0, 0.1) is 5.92 Å². The number of anilines is 1. The van der Waals surface area contributed by atoms with Crippen molar-refractivity contribution in [1.29, 1.82) is 0 Å². The van der Waals surface area contributed by atoms with Gasteiger partial charge in [0.2, 0.25) is 5.91 Å². The molecule has 106 valence electrons. The van der Waals surface area contributed by atoms with Crippen LogP contribution in [-0.2, 0) is 20.7 Å². The Hall–Kier alpha value is -1.89. The number of nitrogen functional groups attached to an aromatic ring is 1. The van der Waals surface area contributed by atoms with Crippen LogP contribution in [0.15, 0.2) is 18.3 Å². The van der Waals surface area contributed by atoms with Crippen molar-refractivity contribution in [2.45, 2.75) is 25.9 Å². The Bertz CT molecular complexity index is 523. The molecule has 0 spiro atoms. The first-order chi connectivity index (χ1) is 9.58. The summed E-state index contributed by atoms with van der Waals surface area (Å²) in [5.41, 5.74) is 6.53. The molecule has 0 unspecified atom stereocenters. The Balaban J connectivity index is 2.13. The van der Waals surface area contributed by atoms with Crippen molar-refractivity contribution < 1.29 is 14.3 Å². The molecule has 0 bridgehead atoms. The number of rotatable bonds is 5. The molecule has 20 heavy (non-hydrogen) atoms. The predicted molar refractivity (Wildman–Crippen MR) is 74.7 cm³/mol. The number of carbonyl (C=O) groups is 2. The summed E-state index contributed by atoms with van der Waals surface area (Å²) in [7, 11) is 0.266. The summed E-state index contributed by atoms with van der Waals surface area (Å²) in [6.45, 7) is 3.96. The lowest BCUT2D eigenvalue weighted by molar-refractivity contribution is -0.166. The Morgan fingerprint density at radius 1 is 1.60 bits per heavy atom. The number of amides is 1. The van der Waals surface area contributed by atoms with Gasteiger partial charge >= 0.3 is 5.97 Å². The van der Waals surface area contributed by atoms with Crippen molar-refractivity contribution in [2.24, 2.45) is 5.92 Å². The second kappa shape index (κ2) is 6.04. The smallest absolute Gasteiger partial charge is 0.328 e. The molecule has 1 aliphatic heterocycles.